The molecule has 0 aromatic heterocycles. The second kappa shape index (κ2) is 23.3. The van der Waals surface area contributed by atoms with E-state index in [1.807, 2.05) is 27.7 Å². The van der Waals surface area contributed by atoms with E-state index >= 15 is 0 Å². The number of Topliss-reactive ketones (excluding diaryl/α,β-unsaturated/α-hetero) is 1. The molecular formula is C65H94N2O11. The van der Waals surface area contributed by atoms with Crippen molar-refractivity contribution in [2.75, 3.05) is 45.5 Å². The predicted octanol–water partition coefficient (Wildman–Crippen LogP) is 11.2. The normalized spacial score (nSPS) is 37.2. The number of nitrogens with one attached hydrogen (secondary N) is 1. The molecule has 8 aliphatic carbocycles. The molecule has 8 aliphatic rings. The lowest BCUT2D eigenvalue weighted by molar-refractivity contribution is -0.232. The number of alkyl carbamates (subject to hydrolysis) is 1. The van der Waals surface area contributed by atoms with Gasteiger partial charge < -0.3 is 44.1 Å². The van der Waals surface area contributed by atoms with Crippen LogP contribution in [-0.2, 0) is 38.1 Å². The number of esters is 2. The molecule has 9 rings (SSSR count). The maximum atomic E-state index is 13.0. The molecule has 0 saturated heterocycles. The summed E-state index contributed by atoms with van der Waals surface area (Å²) in [5, 5.41) is 27.3. The number of amides is 1. The summed E-state index contributed by atoms with van der Waals surface area (Å²) in [6, 6.07) is 9.07. The zero-order valence-electron chi connectivity index (χ0n) is 48.9. The van der Waals surface area contributed by atoms with Crippen LogP contribution in [0.5, 0.6) is 0 Å². The number of anilines is 1. The maximum Gasteiger partial charge on any atom is 0.407 e. The average Bonchev–Trinajstić information content (AvgIpc) is 4.08. The highest BCUT2D eigenvalue weighted by Gasteiger charge is 2.67. The summed E-state index contributed by atoms with van der Waals surface area (Å²) >= 11 is 0. The molecule has 2 unspecified atom stereocenters. The number of carbonyl (C=O) groups excluding carboxylic acids is 4. The zero-order chi connectivity index (χ0) is 56.0. The molecule has 1 aromatic carbocycles. The van der Waals surface area contributed by atoms with Crippen molar-refractivity contribution in [3.63, 3.8) is 0 Å². The van der Waals surface area contributed by atoms with Crippen LogP contribution < -0.4 is 10.2 Å². The first kappa shape index (κ1) is 58.4. The molecule has 13 heteroatoms. The number of rotatable bonds is 17. The first-order valence-electron chi connectivity index (χ1n) is 30.1. The van der Waals surface area contributed by atoms with E-state index in [-0.39, 0.29) is 89.1 Å². The number of benzene rings is 1. The minimum absolute atomic E-state index is 0.0190. The highest BCUT2D eigenvalue weighted by molar-refractivity contribution is 5.85. The molecule has 78 heavy (non-hydrogen) atoms. The van der Waals surface area contributed by atoms with Crippen LogP contribution in [0.25, 0.3) is 0 Å². The Bertz CT molecular complexity index is 2500. The largest absolute Gasteiger partial charge is 0.469 e. The summed E-state index contributed by atoms with van der Waals surface area (Å²) in [6.07, 6.45) is 14.6. The van der Waals surface area contributed by atoms with Crippen LogP contribution in [0.2, 0.25) is 0 Å². The van der Waals surface area contributed by atoms with Gasteiger partial charge in [0.2, 0.25) is 0 Å². The number of nitrogens with zero attached hydrogens (tertiary/aromatic N) is 1. The van der Waals surface area contributed by atoms with Crippen molar-refractivity contribution in [2.45, 2.75) is 206 Å². The zero-order valence-corrected chi connectivity index (χ0v) is 48.9. The van der Waals surface area contributed by atoms with Gasteiger partial charge in [-0.3, -0.25) is 14.4 Å². The summed E-state index contributed by atoms with van der Waals surface area (Å²) in [4.78, 5) is 52.3. The Morgan fingerprint density at radius 2 is 1.71 bits per heavy atom. The van der Waals surface area contributed by atoms with Crippen LogP contribution in [0.3, 0.4) is 0 Å². The van der Waals surface area contributed by atoms with Gasteiger partial charge in [0.05, 0.1) is 32.0 Å². The molecule has 3 N–H and O–H groups in total. The minimum Gasteiger partial charge on any atom is -0.469 e. The lowest BCUT2D eigenvalue weighted by Gasteiger charge is -2.64. The van der Waals surface area contributed by atoms with Gasteiger partial charge in [0, 0.05) is 62.8 Å². The molecular weight excluding hydrogens is 985 g/mol. The van der Waals surface area contributed by atoms with Crippen LogP contribution in [0.4, 0.5) is 10.5 Å². The summed E-state index contributed by atoms with van der Waals surface area (Å²) in [5.74, 6) is 8.38. The minimum atomic E-state index is -1.02. The van der Waals surface area contributed by atoms with Crippen LogP contribution >= 0.6 is 0 Å². The average molecular weight is 1080 g/mol. The van der Waals surface area contributed by atoms with Gasteiger partial charge in [-0.2, -0.15) is 0 Å². The van der Waals surface area contributed by atoms with Gasteiger partial charge >= 0.3 is 18.0 Å². The van der Waals surface area contributed by atoms with Crippen molar-refractivity contribution in [1.29, 1.82) is 0 Å². The molecule has 430 valence electrons. The Kier molecular flexibility index (Phi) is 17.5. The lowest BCUT2D eigenvalue weighted by atomic mass is 9.43. The fourth-order valence-electron chi connectivity index (χ4n) is 17.8. The number of fused-ring (bicyclic) bond motifs is 9. The summed E-state index contributed by atoms with van der Waals surface area (Å²) in [7, 11) is 3.57. The number of carbonyl (C=O) groups is 4. The highest BCUT2D eigenvalue weighted by Crippen LogP contribution is 2.70. The molecule has 0 bridgehead atoms. The van der Waals surface area contributed by atoms with Crippen LogP contribution in [0.1, 0.15) is 182 Å². The second-order valence-electron chi connectivity index (χ2n) is 27.0. The Morgan fingerprint density at radius 3 is 2.44 bits per heavy atom. The third-order valence-electron chi connectivity index (χ3n) is 21.9. The van der Waals surface area contributed by atoms with Gasteiger partial charge in [-0.05, 0) is 205 Å². The molecule has 13 nitrogen and oxygen atoms in total. The van der Waals surface area contributed by atoms with E-state index in [1.165, 1.54) is 29.4 Å². The predicted molar refractivity (Wildman–Crippen MR) is 300 cm³/mol. The number of aliphatic hydroxyl groups is 2. The van der Waals surface area contributed by atoms with Crippen molar-refractivity contribution in [3.8, 4) is 11.8 Å². The van der Waals surface area contributed by atoms with Crippen LogP contribution in [-0.4, -0.2) is 104 Å². The van der Waals surface area contributed by atoms with Crippen molar-refractivity contribution in [1.82, 2.24) is 5.32 Å². The SMILES string of the molecule is CC#C[C@]1(O)CCC2C3CC=C4CC(=O)CCC4=C3[C@@H](c3ccc(N(C)CCO[C@H]4CC[C@@]5(C)[C@@H](C4)C[C@@H](OCOC(=O)CCCNC(=O)OC(C)(C)C)[C@@H]4[C@@H]5C[C@H](O)[C@]5(C)[C@@H]([C@H](C)CCC(=O)OC)CC[C@@H]45)cc3)C[C@@]21C. The first-order valence-corrected chi connectivity index (χ1v) is 30.1. The smallest absolute Gasteiger partial charge is 0.407 e. The number of aliphatic hydroxyl groups excluding tert-OH is 1. The molecule has 1 aromatic rings. The van der Waals surface area contributed by atoms with Gasteiger partial charge in [0.1, 0.15) is 17.0 Å². The number of allylic oxidation sites excluding steroid dienone is 4. The molecule has 7 fully saturated rings. The fourth-order valence-corrected chi connectivity index (χ4v) is 17.8. The van der Waals surface area contributed by atoms with Crippen molar-refractivity contribution >= 4 is 29.5 Å². The van der Waals surface area contributed by atoms with Crippen molar-refractivity contribution < 1.29 is 53.1 Å². The molecule has 0 spiro atoms. The molecule has 16 atom stereocenters. The van der Waals surface area contributed by atoms with E-state index in [2.05, 4.69) is 87.1 Å². The van der Waals surface area contributed by atoms with E-state index in [4.69, 9.17) is 23.7 Å². The number of ketones is 1. The van der Waals surface area contributed by atoms with Gasteiger partial charge in [0.25, 0.3) is 0 Å². The van der Waals surface area contributed by atoms with Crippen molar-refractivity contribution in [2.24, 2.45) is 63.6 Å². The quantitative estimate of drug-likeness (QED) is 0.0444. The number of ether oxygens (including phenoxy) is 5. The van der Waals surface area contributed by atoms with E-state index in [1.54, 1.807) is 0 Å². The summed E-state index contributed by atoms with van der Waals surface area (Å²) in [5.41, 5.74) is 4.24. The van der Waals surface area contributed by atoms with E-state index < -0.39 is 23.4 Å². The maximum absolute atomic E-state index is 13.0. The summed E-state index contributed by atoms with van der Waals surface area (Å²) < 4.78 is 29.7. The monoisotopic (exact) mass is 1080 g/mol. The highest BCUT2D eigenvalue weighted by atomic mass is 16.7. The Morgan fingerprint density at radius 1 is 0.936 bits per heavy atom. The molecule has 0 aliphatic heterocycles. The Balaban J connectivity index is 0.850. The summed E-state index contributed by atoms with van der Waals surface area (Å²) in [6.45, 7) is 18.0. The topological polar surface area (TPSA) is 170 Å². The number of hydrogen-bond acceptors (Lipinski definition) is 12. The second-order valence-corrected chi connectivity index (χ2v) is 27.0. The number of hydrogen-bond donors (Lipinski definition) is 3. The fraction of sp³-hybridized carbons (Fsp3) is 0.754. The third kappa shape index (κ3) is 11.4. The van der Waals surface area contributed by atoms with Crippen LogP contribution in [0, 0.1) is 75.4 Å². The molecule has 1 amide bonds. The lowest BCUT2D eigenvalue weighted by Crippen LogP contribution is -2.63. The molecule has 0 radical (unpaired) electrons. The van der Waals surface area contributed by atoms with E-state index in [9.17, 15) is 29.4 Å². The van der Waals surface area contributed by atoms with Gasteiger partial charge in [-0.15, -0.1) is 5.92 Å². The number of methoxy groups -OCH3 is 1. The Labute approximate surface area is 466 Å². The van der Waals surface area contributed by atoms with E-state index in [0.29, 0.717) is 75.2 Å². The van der Waals surface area contributed by atoms with Gasteiger partial charge in [0.15, 0.2) is 6.79 Å². The number of likely N-dealkylation sites (N-methyl/N-ethyl adjacent to an activating group) is 1. The Hall–Kier alpha value is -4.22. The first-order chi connectivity index (χ1) is 37.0. The standard InChI is InChI=1S/C65H94N2O11/c1-11-28-65(73)30-27-51-48-21-17-42-34-45(68)20-22-47(42)58(48)49(38-63(51,65)7)41-15-18-44(19-16-41)67(9)32-33-75-46-26-29-62(6)43(35-46)36-54(76-39-77-57(71)13-12-31-66-60(72)78-61(3,4)5)59-52-24-23-50(40(2)14-25-56(70)74-10)64(52,8)55(69)37-53(59)62/h15-19,40,43,46,48-55,59,69,73H,12-14,20-27,29-39H2,1-10H3,(H,66,72)/t40-,43+,46+,48?,49-,50-,51?,52+,53+,54-,55+,59+,62+,63+,64-,65+/m1/s1. The van der Waals surface area contributed by atoms with E-state index in [0.717, 1.165) is 82.9 Å². The molecule has 7 saturated carbocycles. The molecule has 0 heterocycles. The van der Waals surface area contributed by atoms with Crippen LogP contribution in [0.15, 0.2) is 47.1 Å². The van der Waals surface area contributed by atoms with Crippen molar-refractivity contribution in [3.05, 3.63) is 52.6 Å². The third-order valence-corrected chi connectivity index (χ3v) is 21.9. The van der Waals surface area contributed by atoms with Gasteiger partial charge in [-0.25, -0.2) is 4.79 Å². The van der Waals surface area contributed by atoms with Gasteiger partial charge in [-0.1, -0.05) is 57.4 Å².